The molecule has 0 radical (unpaired) electrons. The van der Waals surface area contributed by atoms with E-state index in [0.717, 1.165) is 17.3 Å². The van der Waals surface area contributed by atoms with Gasteiger partial charge in [0.15, 0.2) is 5.82 Å². The van der Waals surface area contributed by atoms with Gasteiger partial charge in [-0.25, -0.2) is 4.98 Å². The fourth-order valence-corrected chi connectivity index (χ4v) is 3.08. The second-order valence-electron chi connectivity index (χ2n) is 5.50. The van der Waals surface area contributed by atoms with Crippen molar-refractivity contribution in [3.8, 4) is 11.4 Å². The van der Waals surface area contributed by atoms with Crippen LogP contribution in [0.4, 0.5) is 11.4 Å². The number of hydrogen-bond acceptors (Lipinski definition) is 6. The number of non-ortho nitro benzene ring substituents is 1. The fraction of sp³-hybridized carbons (Fsp3) is 0.118. The van der Waals surface area contributed by atoms with Gasteiger partial charge in [0.05, 0.1) is 20.9 Å². The summed E-state index contributed by atoms with van der Waals surface area (Å²) < 4.78 is 0. The predicted octanol–water partition coefficient (Wildman–Crippen LogP) is 4.15. The van der Waals surface area contributed by atoms with Crippen molar-refractivity contribution in [2.45, 2.75) is 17.3 Å². The first-order chi connectivity index (χ1) is 12.9. The second-order valence-corrected chi connectivity index (χ2v) is 7.22. The maximum absolute atomic E-state index is 12.4. The fourth-order valence-electron chi connectivity index (χ4n) is 2.19. The van der Waals surface area contributed by atoms with Crippen LogP contribution in [0.5, 0.6) is 0 Å². The number of nitro groups is 1. The first-order valence-corrected chi connectivity index (χ1v) is 9.09. The molecule has 2 N–H and O–H groups in total. The highest BCUT2D eigenvalue weighted by atomic mass is 35.5. The zero-order chi connectivity index (χ0) is 19.4. The Balaban J connectivity index is 1.67. The van der Waals surface area contributed by atoms with Crippen LogP contribution in [-0.2, 0) is 4.79 Å². The van der Waals surface area contributed by atoms with Gasteiger partial charge in [0, 0.05) is 17.7 Å². The first kappa shape index (κ1) is 18.9. The summed E-state index contributed by atoms with van der Waals surface area (Å²) in [5.74, 6) is 0.237. The molecule has 27 heavy (non-hydrogen) atoms. The lowest BCUT2D eigenvalue weighted by molar-refractivity contribution is -0.384. The summed E-state index contributed by atoms with van der Waals surface area (Å²) >= 11 is 7.17. The minimum Gasteiger partial charge on any atom is -0.324 e. The molecule has 1 heterocycles. The Kier molecular flexibility index (Phi) is 5.72. The van der Waals surface area contributed by atoms with Crippen molar-refractivity contribution in [3.05, 3.63) is 63.7 Å². The molecule has 0 aliphatic heterocycles. The number of H-pyrrole nitrogens is 1. The number of anilines is 1. The first-order valence-electron chi connectivity index (χ1n) is 7.83. The maximum atomic E-state index is 12.4. The number of hydrogen-bond donors (Lipinski definition) is 2. The molecule has 10 heteroatoms. The highest BCUT2D eigenvalue weighted by Gasteiger charge is 2.19. The zero-order valence-corrected chi connectivity index (χ0v) is 15.6. The molecule has 1 atom stereocenters. The highest BCUT2D eigenvalue weighted by molar-refractivity contribution is 8.00. The number of carbonyl (C=O) groups is 1. The largest absolute Gasteiger partial charge is 0.324 e. The van der Waals surface area contributed by atoms with E-state index in [9.17, 15) is 14.9 Å². The van der Waals surface area contributed by atoms with Crippen LogP contribution in [-0.4, -0.2) is 31.3 Å². The molecule has 138 valence electrons. The molecule has 0 fully saturated rings. The van der Waals surface area contributed by atoms with Gasteiger partial charge in [-0.2, -0.15) is 0 Å². The standard InChI is InChI=1S/C17H14ClN5O3S/c1-10(16(24)19-14-9-12(23(25)26)7-8-13(14)18)27-17-20-15(21-22-17)11-5-3-2-4-6-11/h2-10H,1H3,(H,19,24)(H,20,21,22)/t10-/m0/s1. The van der Waals surface area contributed by atoms with Crippen molar-refractivity contribution in [2.75, 3.05) is 5.32 Å². The number of amides is 1. The molecule has 0 saturated carbocycles. The van der Waals surface area contributed by atoms with Crippen molar-refractivity contribution < 1.29 is 9.72 Å². The van der Waals surface area contributed by atoms with Crippen LogP contribution in [0.2, 0.25) is 5.02 Å². The third-order valence-electron chi connectivity index (χ3n) is 3.58. The molecular formula is C17H14ClN5O3S. The van der Waals surface area contributed by atoms with Crippen LogP contribution in [0.15, 0.2) is 53.7 Å². The van der Waals surface area contributed by atoms with Crippen LogP contribution in [0, 0.1) is 10.1 Å². The molecule has 0 bridgehead atoms. The van der Waals surface area contributed by atoms with Crippen LogP contribution in [0.3, 0.4) is 0 Å². The molecular weight excluding hydrogens is 390 g/mol. The van der Waals surface area contributed by atoms with E-state index in [0.29, 0.717) is 11.0 Å². The molecule has 0 aliphatic carbocycles. The molecule has 3 aromatic rings. The van der Waals surface area contributed by atoms with Gasteiger partial charge < -0.3 is 5.32 Å². The van der Waals surface area contributed by atoms with E-state index in [-0.39, 0.29) is 22.3 Å². The summed E-state index contributed by atoms with van der Waals surface area (Å²) in [6.45, 7) is 1.68. The number of aromatic amines is 1. The number of carbonyl (C=O) groups excluding carboxylic acids is 1. The Hall–Kier alpha value is -2.91. The van der Waals surface area contributed by atoms with E-state index in [1.807, 2.05) is 30.3 Å². The van der Waals surface area contributed by atoms with Crippen molar-refractivity contribution in [1.82, 2.24) is 15.2 Å². The van der Waals surface area contributed by atoms with E-state index < -0.39 is 10.2 Å². The number of aromatic nitrogens is 3. The number of thioether (sulfide) groups is 1. The summed E-state index contributed by atoms with van der Waals surface area (Å²) in [5, 5.41) is 20.5. The van der Waals surface area contributed by atoms with Crippen molar-refractivity contribution in [2.24, 2.45) is 0 Å². The molecule has 1 amide bonds. The summed E-state index contributed by atoms with van der Waals surface area (Å²) in [7, 11) is 0. The van der Waals surface area contributed by atoms with Crippen LogP contribution >= 0.6 is 23.4 Å². The number of benzene rings is 2. The molecule has 3 rings (SSSR count). The molecule has 8 nitrogen and oxygen atoms in total. The molecule has 0 spiro atoms. The Morgan fingerprint density at radius 3 is 2.74 bits per heavy atom. The van der Waals surface area contributed by atoms with Crippen LogP contribution in [0.25, 0.3) is 11.4 Å². The summed E-state index contributed by atoms with van der Waals surface area (Å²) in [5.41, 5.74) is 0.914. The smallest absolute Gasteiger partial charge is 0.271 e. The third kappa shape index (κ3) is 4.63. The molecule has 0 aliphatic rings. The lowest BCUT2D eigenvalue weighted by atomic mass is 10.2. The molecule has 1 aromatic heterocycles. The average molecular weight is 404 g/mol. The van der Waals surface area contributed by atoms with Gasteiger partial charge in [0.1, 0.15) is 0 Å². The highest BCUT2D eigenvalue weighted by Crippen LogP contribution is 2.28. The van der Waals surface area contributed by atoms with E-state index in [1.165, 1.54) is 18.2 Å². The van der Waals surface area contributed by atoms with Crippen molar-refractivity contribution >= 4 is 40.6 Å². The second kappa shape index (κ2) is 8.19. The van der Waals surface area contributed by atoms with Crippen molar-refractivity contribution in [1.29, 1.82) is 0 Å². The van der Waals surface area contributed by atoms with Gasteiger partial charge in [-0.3, -0.25) is 20.0 Å². The quantitative estimate of drug-likeness (QED) is 0.363. The SMILES string of the molecule is C[C@H](Sc1n[nH]c(-c2ccccc2)n1)C(=O)Nc1cc([N+](=O)[O-])ccc1Cl. The third-order valence-corrected chi connectivity index (χ3v) is 4.87. The van der Waals surface area contributed by atoms with Crippen LogP contribution in [0.1, 0.15) is 6.92 Å². The van der Waals surface area contributed by atoms with Gasteiger partial charge in [-0.15, -0.1) is 5.10 Å². The molecule has 2 aromatic carbocycles. The number of nitrogens with zero attached hydrogens (tertiary/aromatic N) is 3. The number of nitrogens with one attached hydrogen (secondary N) is 2. The maximum Gasteiger partial charge on any atom is 0.271 e. The van der Waals surface area contributed by atoms with Crippen LogP contribution < -0.4 is 5.32 Å². The van der Waals surface area contributed by atoms with Gasteiger partial charge in [-0.05, 0) is 13.0 Å². The topological polar surface area (TPSA) is 114 Å². The van der Waals surface area contributed by atoms with Gasteiger partial charge in [-0.1, -0.05) is 53.7 Å². The normalized spacial score (nSPS) is 11.8. The van der Waals surface area contributed by atoms with Gasteiger partial charge in [0.25, 0.3) is 5.69 Å². The van der Waals surface area contributed by atoms with E-state index in [1.54, 1.807) is 6.92 Å². The monoisotopic (exact) mass is 403 g/mol. The number of nitro benzene ring substituents is 1. The summed E-state index contributed by atoms with van der Waals surface area (Å²) in [6.07, 6.45) is 0. The minimum atomic E-state index is -0.553. The zero-order valence-electron chi connectivity index (χ0n) is 14.0. The van der Waals surface area contributed by atoms with Crippen molar-refractivity contribution in [3.63, 3.8) is 0 Å². The lowest BCUT2D eigenvalue weighted by Gasteiger charge is -2.11. The minimum absolute atomic E-state index is 0.156. The van der Waals surface area contributed by atoms with Gasteiger partial charge >= 0.3 is 0 Å². The molecule has 0 saturated heterocycles. The Morgan fingerprint density at radius 2 is 2.04 bits per heavy atom. The molecule has 0 unspecified atom stereocenters. The lowest BCUT2D eigenvalue weighted by Crippen LogP contribution is -2.22. The van der Waals surface area contributed by atoms with E-state index in [4.69, 9.17) is 11.6 Å². The summed E-state index contributed by atoms with van der Waals surface area (Å²) in [6, 6.07) is 13.3. The Morgan fingerprint density at radius 1 is 1.30 bits per heavy atom. The van der Waals surface area contributed by atoms with E-state index >= 15 is 0 Å². The summed E-state index contributed by atoms with van der Waals surface area (Å²) in [4.78, 5) is 27.1. The number of halogens is 1. The Labute approximate surface area is 163 Å². The van der Waals surface area contributed by atoms with E-state index in [2.05, 4.69) is 20.5 Å². The van der Waals surface area contributed by atoms with Gasteiger partial charge in [0.2, 0.25) is 11.1 Å². The number of rotatable bonds is 6. The predicted molar refractivity (Wildman–Crippen MR) is 104 cm³/mol. The Bertz CT molecular complexity index is 980. The average Bonchev–Trinajstić information content (AvgIpc) is 3.12.